The van der Waals surface area contributed by atoms with Gasteiger partial charge >= 0.3 is 11.9 Å². The molecule has 3 rings (SSSR count). The van der Waals surface area contributed by atoms with Crippen molar-refractivity contribution >= 4 is 66.1 Å². The molecule has 0 aliphatic heterocycles. The third-order valence-corrected chi connectivity index (χ3v) is 5.97. The van der Waals surface area contributed by atoms with E-state index in [1.54, 1.807) is 0 Å². The molecular formula is C18H15N7O7S2. The second kappa shape index (κ2) is 9.74. The molecule has 34 heavy (non-hydrogen) atoms. The van der Waals surface area contributed by atoms with Crippen molar-refractivity contribution in [3.63, 3.8) is 0 Å². The molecule has 0 aliphatic carbocycles. The van der Waals surface area contributed by atoms with Crippen molar-refractivity contribution in [3.05, 3.63) is 29.3 Å². The Morgan fingerprint density at radius 1 is 1.12 bits per heavy atom. The summed E-state index contributed by atoms with van der Waals surface area (Å²) in [5, 5.41) is 40.6. The maximum atomic E-state index is 11.3. The number of azo groups is 1. The molecule has 14 nitrogen and oxygen atoms in total. The predicted molar refractivity (Wildman–Crippen MR) is 120 cm³/mol. The van der Waals surface area contributed by atoms with Crippen LogP contribution in [0, 0.1) is 18.3 Å². The lowest BCUT2D eigenvalue weighted by Gasteiger charge is -2.14. The maximum Gasteiger partial charge on any atom is 0.322 e. The summed E-state index contributed by atoms with van der Waals surface area (Å²) < 4.78 is 32.3. The second-order valence-electron chi connectivity index (χ2n) is 6.57. The molecule has 0 atom stereocenters. The van der Waals surface area contributed by atoms with E-state index in [2.05, 4.69) is 30.8 Å². The maximum absolute atomic E-state index is 11.3. The lowest BCUT2D eigenvalue weighted by molar-refractivity contribution is -0.135. The molecule has 0 radical (unpaired) electrons. The summed E-state index contributed by atoms with van der Waals surface area (Å²) in [5.41, 5.74) is 0.655. The number of pyridine rings is 1. The molecule has 176 valence electrons. The molecule has 16 heteroatoms. The fourth-order valence-electron chi connectivity index (χ4n) is 2.71. The Morgan fingerprint density at radius 2 is 1.76 bits per heavy atom. The van der Waals surface area contributed by atoms with Crippen molar-refractivity contribution < 1.29 is 32.8 Å². The van der Waals surface area contributed by atoms with Gasteiger partial charge in [0.25, 0.3) is 10.1 Å². The van der Waals surface area contributed by atoms with E-state index in [-0.39, 0.29) is 38.5 Å². The van der Waals surface area contributed by atoms with Gasteiger partial charge in [-0.25, -0.2) is 9.97 Å². The minimum absolute atomic E-state index is 0.0156. The summed E-state index contributed by atoms with van der Waals surface area (Å²) in [7, 11) is -4.40. The summed E-state index contributed by atoms with van der Waals surface area (Å²) in [5.74, 6) is -2.54. The molecule has 5 N–H and O–H groups in total. The average Bonchev–Trinajstić information content (AvgIpc) is 3.16. The monoisotopic (exact) mass is 505 g/mol. The van der Waals surface area contributed by atoms with Gasteiger partial charge in [0.15, 0.2) is 5.82 Å². The quantitative estimate of drug-likeness (QED) is 0.209. The van der Waals surface area contributed by atoms with Gasteiger partial charge in [-0.3, -0.25) is 14.1 Å². The molecule has 0 aliphatic rings. The highest BCUT2D eigenvalue weighted by molar-refractivity contribution is 7.85. The number of fused-ring (bicyclic) bond motifs is 1. The van der Waals surface area contributed by atoms with Gasteiger partial charge in [-0.1, -0.05) is 11.3 Å². The van der Waals surface area contributed by atoms with E-state index in [0.29, 0.717) is 10.2 Å². The van der Waals surface area contributed by atoms with Crippen LogP contribution in [0.4, 0.5) is 22.5 Å². The number of benzene rings is 1. The highest BCUT2D eigenvalue weighted by Gasteiger charge is 2.19. The van der Waals surface area contributed by atoms with Crippen LogP contribution in [-0.4, -0.2) is 58.2 Å². The lowest BCUT2D eigenvalue weighted by atomic mass is 10.1. The number of hydrogen-bond acceptors (Lipinski definition) is 12. The van der Waals surface area contributed by atoms with Crippen LogP contribution < -0.4 is 10.6 Å². The zero-order valence-corrected chi connectivity index (χ0v) is 18.8. The Labute approximate surface area is 195 Å². The molecule has 2 heterocycles. The first kappa shape index (κ1) is 24.4. The SMILES string of the molecule is Cc1c(C#N)c(NCC(=O)O)nc(NCC(=O)O)c1N=Nc1nc2ccc(S(=O)(=O)O)cc2s1. The number of nitriles is 1. The van der Waals surface area contributed by atoms with Crippen LogP contribution in [-0.2, 0) is 19.7 Å². The zero-order valence-electron chi connectivity index (χ0n) is 17.2. The normalized spacial score (nSPS) is 11.4. The predicted octanol–water partition coefficient (Wildman–Crippen LogP) is 2.53. The van der Waals surface area contributed by atoms with Crippen LogP contribution in [0.1, 0.15) is 11.1 Å². The van der Waals surface area contributed by atoms with Gasteiger partial charge in [-0.2, -0.15) is 13.7 Å². The Morgan fingerprint density at radius 3 is 2.35 bits per heavy atom. The van der Waals surface area contributed by atoms with E-state index in [4.69, 9.17) is 10.2 Å². The Hall–Kier alpha value is -4.20. The molecule has 0 amide bonds. The van der Waals surface area contributed by atoms with Crippen molar-refractivity contribution in [2.75, 3.05) is 23.7 Å². The number of carboxylic acids is 2. The van der Waals surface area contributed by atoms with Crippen molar-refractivity contribution in [3.8, 4) is 6.07 Å². The molecule has 0 fully saturated rings. The van der Waals surface area contributed by atoms with Crippen LogP contribution in [0.25, 0.3) is 10.2 Å². The summed E-state index contributed by atoms with van der Waals surface area (Å²) in [6, 6.07) is 5.70. The third kappa shape index (κ3) is 5.58. The Balaban J connectivity index is 2.05. The highest BCUT2D eigenvalue weighted by atomic mass is 32.2. The number of thiazole rings is 1. The molecular weight excluding hydrogens is 490 g/mol. The number of nitrogens with zero attached hydrogens (tertiary/aromatic N) is 5. The first-order chi connectivity index (χ1) is 16.0. The number of anilines is 2. The van der Waals surface area contributed by atoms with Crippen molar-refractivity contribution in [1.29, 1.82) is 5.26 Å². The summed E-state index contributed by atoms with van der Waals surface area (Å²) in [6.07, 6.45) is 0. The zero-order chi connectivity index (χ0) is 25.0. The van der Waals surface area contributed by atoms with Crippen molar-refractivity contribution in [2.24, 2.45) is 10.2 Å². The number of hydrogen-bond donors (Lipinski definition) is 5. The molecule has 0 spiro atoms. The van der Waals surface area contributed by atoms with Crippen LogP contribution in [0.5, 0.6) is 0 Å². The third-order valence-electron chi connectivity index (χ3n) is 4.22. The number of nitrogens with one attached hydrogen (secondary N) is 2. The van der Waals surface area contributed by atoms with Gasteiger partial charge in [0.05, 0.1) is 20.7 Å². The minimum Gasteiger partial charge on any atom is -0.480 e. The van der Waals surface area contributed by atoms with Gasteiger partial charge in [-0.05, 0) is 25.1 Å². The molecule has 0 saturated carbocycles. The number of carboxylic acid groups (broad SMARTS) is 2. The van der Waals surface area contributed by atoms with E-state index in [1.165, 1.54) is 25.1 Å². The van der Waals surface area contributed by atoms with Crippen LogP contribution >= 0.6 is 11.3 Å². The van der Waals surface area contributed by atoms with E-state index in [0.717, 1.165) is 11.3 Å². The molecule has 0 unspecified atom stereocenters. The van der Waals surface area contributed by atoms with Gasteiger partial charge in [0.1, 0.15) is 30.7 Å². The average molecular weight is 505 g/mol. The Bertz CT molecular complexity index is 1480. The molecule has 1 aromatic carbocycles. The first-order valence-corrected chi connectivity index (χ1v) is 11.4. The van der Waals surface area contributed by atoms with E-state index >= 15 is 0 Å². The fourth-order valence-corrected chi connectivity index (χ4v) is 4.12. The van der Waals surface area contributed by atoms with Crippen molar-refractivity contribution in [1.82, 2.24) is 9.97 Å². The summed E-state index contributed by atoms with van der Waals surface area (Å²) in [6.45, 7) is 0.430. The standard InChI is InChI=1S/C18H15N7O7S2/c1-8-10(5-19)16(20-6-13(26)27)23-17(21-7-14(28)29)15(8)24-25-18-22-11-3-2-9(34(30,31)32)4-12(11)33-18/h2-4H,6-7H2,1H3,(H,26,27)(H,28,29)(H2,20,21,23)(H,30,31,32). The number of aromatic nitrogens is 2. The van der Waals surface area contributed by atoms with Crippen LogP contribution in [0.3, 0.4) is 0 Å². The molecule has 2 aromatic heterocycles. The van der Waals surface area contributed by atoms with Crippen molar-refractivity contribution in [2.45, 2.75) is 11.8 Å². The Kier molecular flexibility index (Phi) is 7.00. The topological polar surface area (TPSA) is 227 Å². The molecule has 3 aromatic rings. The molecule has 0 saturated heterocycles. The number of rotatable bonds is 9. The van der Waals surface area contributed by atoms with E-state index < -0.39 is 35.1 Å². The first-order valence-electron chi connectivity index (χ1n) is 9.15. The lowest BCUT2D eigenvalue weighted by Crippen LogP contribution is -2.17. The smallest absolute Gasteiger partial charge is 0.322 e. The van der Waals surface area contributed by atoms with Crippen LogP contribution in [0.15, 0.2) is 33.3 Å². The van der Waals surface area contributed by atoms with Gasteiger partial charge < -0.3 is 20.8 Å². The number of carbonyl (C=O) groups is 2. The largest absolute Gasteiger partial charge is 0.480 e. The summed E-state index contributed by atoms with van der Waals surface area (Å²) >= 11 is 0.977. The van der Waals surface area contributed by atoms with Gasteiger partial charge in [-0.15, -0.1) is 10.2 Å². The van der Waals surface area contributed by atoms with E-state index in [1.807, 2.05) is 6.07 Å². The summed E-state index contributed by atoms with van der Waals surface area (Å²) in [4.78, 5) is 29.9. The van der Waals surface area contributed by atoms with Gasteiger partial charge in [0, 0.05) is 5.56 Å². The van der Waals surface area contributed by atoms with E-state index in [9.17, 15) is 27.8 Å². The van der Waals surface area contributed by atoms with Gasteiger partial charge in [0.2, 0.25) is 5.13 Å². The minimum atomic E-state index is -4.40. The second-order valence-corrected chi connectivity index (χ2v) is 9.00. The molecule has 0 bridgehead atoms. The highest BCUT2D eigenvalue weighted by Crippen LogP contribution is 2.36. The number of aliphatic carboxylic acids is 2. The van der Waals surface area contributed by atoms with Crippen LogP contribution in [0.2, 0.25) is 0 Å². The fraction of sp³-hybridized carbons (Fsp3) is 0.167.